The minimum absolute atomic E-state index is 0.0653. The Kier molecular flexibility index (Phi) is 6.52. The molecule has 0 spiro atoms. The highest BCUT2D eigenvalue weighted by Crippen LogP contribution is 2.22. The van der Waals surface area contributed by atoms with Crippen LogP contribution in [0, 0.1) is 13.8 Å². The highest BCUT2D eigenvalue weighted by molar-refractivity contribution is 7.92. The smallest absolute Gasteiger partial charge is 0.326 e. The summed E-state index contributed by atoms with van der Waals surface area (Å²) in [5.74, 6) is -2.00. The van der Waals surface area contributed by atoms with Crippen molar-refractivity contribution in [2.24, 2.45) is 4.99 Å². The maximum Gasteiger partial charge on any atom is 0.326 e. The Hall–Kier alpha value is -2.78. The summed E-state index contributed by atoms with van der Waals surface area (Å²) in [6.45, 7) is 5.76. The predicted octanol–water partition coefficient (Wildman–Crippen LogP) is 2.78. The van der Waals surface area contributed by atoms with Gasteiger partial charge in [-0.1, -0.05) is 29.5 Å². The van der Waals surface area contributed by atoms with Crippen molar-refractivity contribution in [1.29, 1.82) is 0 Å². The van der Waals surface area contributed by atoms with Crippen molar-refractivity contribution in [3.8, 4) is 0 Å². The summed E-state index contributed by atoms with van der Waals surface area (Å²) in [5, 5.41) is 0. The Balaban J connectivity index is 2.04. The summed E-state index contributed by atoms with van der Waals surface area (Å²) in [7, 11) is -3.81. The molecule has 158 valence electrons. The first kappa shape index (κ1) is 21.9. The summed E-state index contributed by atoms with van der Waals surface area (Å²) in [4.78, 5) is 29.0. The van der Waals surface area contributed by atoms with E-state index in [9.17, 15) is 18.0 Å². The van der Waals surface area contributed by atoms with Gasteiger partial charge in [-0.25, -0.2) is 8.42 Å². The average molecular weight is 447 g/mol. The molecule has 0 fully saturated rings. The third-order valence-corrected chi connectivity index (χ3v) is 7.19. The Morgan fingerprint density at radius 3 is 2.43 bits per heavy atom. The molecule has 0 atom stereocenters. The zero-order valence-electron chi connectivity index (χ0n) is 16.9. The maximum atomic E-state index is 12.5. The van der Waals surface area contributed by atoms with Gasteiger partial charge in [-0.2, -0.15) is 4.99 Å². The van der Waals surface area contributed by atoms with Crippen molar-refractivity contribution >= 4 is 43.3 Å². The first-order valence-electron chi connectivity index (χ1n) is 9.33. The van der Waals surface area contributed by atoms with Crippen molar-refractivity contribution in [3.63, 3.8) is 0 Å². The molecule has 3 rings (SSSR count). The molecule has 3 aromatic rings. The molecule has 0 unspecified atom stereocenters. The number of rotatable bonds is 6. The Morgan fingerprint density at radius 2 is 1.77 bits per heavy atom. The first-order valence-corrected chi connectivity index (χ1v) is 11.8. The number of amides is 1. The van der Waals surface area contributed by atoms with Gasteiger partial charge in [0.25, 0.3) is 5.91 Å². The van der Waals surface area contributed by atoms with Crippen molar-refractivity contribution in [3.05, 3.63) is 58.4 Å². The minimum atomic E-state index is -3.81. The normalized spacial score (nSPS) is 12.3. The quantitative estimate of drug-likeness (QED) is 0.543. The molecule has 2 aromatic carbocycles. The van der Waals surface area contributed by atoms with Crippen LogP contribution in [-0.4, -0.2) is 37.2 Å². The molecule has 0 N–H and O–H groups in total. The largest absolute Gasteiger partial charge is 0.465 e. The van der Waals surface area contributed by atoms with Gasteiger partial charge in [-0.3, -0.25) is 9.59 Å². The second-order valence-corrected chi connectivity index (χ2v) is 9.76. The van der Waals surface area contributed by atoms with E-state index in [0.717, 1.165) is 21.3 Å². The van der Waals surface area contributed by atoms with E-state index >= 15 is 0 Å². The van der Waals surface area contributed by atoms with Gasteiger partial charge < -0.3 is 9.30 Å². The number of nitrogens with zero attached hydrogens (tertiary/aromatic N) is 2. The Morgan fingerprint density at radius 1 is 1.10 bits per heavy atom. The number of aromatic nitrogens is 1. The molecule has 0 saturated heterocycles. The lowest BCUT2D eigenvalue weighted by Crippen LogP contribution is -2.24. The fraction of sp³-hybridized carbons (Fsp3) is 0.286. The van der Waals surface area contributed by atoms with Crippen molar-refractivity contribution in [1.82, 2.24) is 4.57 Å². The Labute approximate surface area is 178 Å². The van der Waals surface area contributed by atoms with Gasteiger partial charge in [0.15, 0.2) is 14.6 Å². The van der Waals surface area contributed by atoms with Gasteiger partial charge in [0, 0.05) is 0 Å². The lowest BCUT2D eigenvalue weighted by Gasteiger charge is -2.06. The van der Waals surface area contributed by atoms with Crippen LogP contribution in [0.2, 0.25) is 0 Å². The van der Waals surface area contributed by atoms with Crippen LogP contribution >= 0.6 is 11.3 Å². The van der Waals surface area contributed by atoms with E-state index in [4.69, 9.17) is 4.74 Å². The summed E-state index contributed by atoms with van der Waals surface area (Å²) < 4.78 is 32.4. The zero-order valence-corrected chi connectivity index (χ0v) is 18.5. The number of aryl methyl sites for hydroxylation is 2. The number of hydrogen-bond donors (Lipinski definition) is 0. The van der Waals surface area contributed by atoms with Crippen LogP contribution in [0.4, 0.5) is 0 Å². The van der Waals surface area contributed by atoms with E-state index in [0.29, 0.717) is 0 Å². The molecule has 0 radical (unpaired) electrons. The maximum absolute atomic E-state index is 12.5. The number of carbonyl (C=O) groups excluding carboxylic acids is 2. The lowest BCUT2D eigenvalue weighted by molar-refractivity contribution is -0.143. The van der Waals surface area contributed by atoms with Crippen molar-refractivity contribution in [2.75, 3.05) is 12.4 Å². The number of fused-ring (bicyclic) bond motifs is 1. The third-order valence-electron chi connectivity index (χ3n) is 4.53. The van der Waals surface area contributed by atoms with Crippen LogP contribution in [0.3, 0.4) is 0 Å². The van der Waals surface area contributed by atoms with Crippen molar-refractivity contribution in [2.45, 2.75) is 32.2 Å². The van der Waals surface area contributed by atoms with E-state index in [2.05, 4.69) is 4.99 Å². The molecule has 0 bridgehead atoms. The standard InChI is InChI=1S/C21H22N2O5S2/c1-4-28-20(25)12-23-17-10-14(2)15(3)11-18(17)29-21(23)22-19(24)13-30(26,27)16-8-6-5-7-9-16/h5-11H,4,12-13H2,1-3H3. The summed E-state index contributed by atoms with van der Waals surface area (Å²) in [5.41, 5.74) is 2.84. The molecular weight excluding hydrogens is 424 g/mol. The predicted molar refractivity (Wildman–Crippen MR) is 115 cm³/mol. The summed E-state index contributed by atoms with van der Waals surface area (Å²) >= 11 is 1.23. The molecule has 9 heteroatoms. The average Bonchev–Trinajstić information content (AvgIpc) is 2.98. The van der Waals surface area contributed by atoms with E-state index in [1.54, 1.807) is 29.7 Å². The molecule has 30 heavy (non-hydrogen) atoms. The van der Waals surface area contributed by atoms with E-state index in [1.807, 2.05) is 26.0 Å². The number of esters is 1. The second-order valence-electron chi connectivity index (χ2n) is 6.76. The van der Waals surface area contributed by atoms with Crippen LogP contribution in [0.25, 0.3) is 10.2 Å². The highest BCUT2D eigenvalue weighted by Gasteiger charge is 2.20. The molecule has 7 nitrogen and oxygen atoms in total. The number of ether oxygens (including phenoxy) is 1. The number of benzene rings is 2. The van der Waals surface area contributed by atoms with Gasteiger partial charge in [0.1, 0.15) is 12.3 Å². The van der Waals surface area contributed by atoms with E-state index in [-0.39, 0.29) is 22.8 Å². The van der Waals surface area contributed by atoms with Gasteiger partial charge in [-0.05, 0) is 56.2 Å². The molecular formula is C21H22N2O5S2. The number of carbonyl (C=O) groups is 2. The molecule has 0 aliphatic carbocycles. The molecule has 0 aliphatic heterocycles. The molecule has 0 saturated carbocycles. The first-order chi connectivity index (χ1) is 14.2. The zero-order chi connectivity index (χ0) is 21.9. The van der Waals surface area contributed by atoms with Crippen LogP contribution in [-0.2, 0) is 30.7 Å². The van der Waals surface area contributed by atoms with Gasteiger partial charge in [-0.15, -0.1) is 0 Å². The summed E-state index contributed by atoms with van der Waals surface area (Å²) in [6, 6.07) is 11.6. The van der Waals surface area contributed by atoms with Crippen molar-refractivity contribution < 1.29 is 22.7 Å². The monoisotopic (exact) mass is 446 g/mol. The molecule has 0 aliphatic rings. The van der Waals surface area contributed by atoms with E-state index < -0.39 is 27.5 Å². The fourth-order valence-electron chi connectivity index (χ4n) is 2.91. The number of sulfone groups is 1. The van der Waals surface area contributed by atoms with Gasteiger partial charge >= 0.3 is 5.97 Å². The SMILES string of the molecule is CCOC(=O)Cn1c(=NC(=O)CS(=O)(=O)c2ccccc2)sc2cc(C)c(C)cc21. The summed E-state index contributed by atoms with van der Waals surface area (Å²) in [6.07, 6.45) is 0. The lowest BCUT2D eigenvalue weighted by atomic mass is 10.1. The number of thiazole rings is 1. The van der Waals surface area contributed by atoms with Crippen LogP contribution in [0.1, 0.15) is 18.1 Å². The highest BCUT2D eigenvalue weighted by atomic mass is 32.2. The number of hydrogen-bond acceptors (Lipinski definition) is 6. The molecule has 1 heterocycles. The third kappa shape index (κ3) is 4.85. The molecule has 1 aromatic heterocycles. The fourth-order valence-corrected chi connectivity index (χ4v) is 5.16. The molecule has 1 amide bonds. The minimum Gasteiger partial charge on any atom is -0.465 e. The van der Waals surface area contributed by atoms with Crippen LogP contribution in [0.5, 0.6) is 0 Å². The second kappa shape index (κ2) is 8.93. The van der Waals surface area contributed by atoms with Gasteiger partial charge in [0.05, 0.1) is 21.7 Å². The van der Waals surface area contributed by atoms with Gasteiger partial charge in [0.2, 0.25) is 0 Å². The van der Waals surface area contributed by atoms with Crippen LogP contribution in [0.15, 0.2) is 52.4 Å². The topological polar surface area (TPSA) is 94.8 Å². The van der Waals surface area contributed by atoms with E-state index in [1.165, 1.54) is 23.5 Å². The Bertz CT molecular complexity index is 1270. The van der Waals surface area contributed by atoms with Crippen LogP contribution < -0.4 is 4.80 Å².